The first-order chi connectivity index (χ1) is 9.04. The quantitative estimate of drug-likeness (QED) is 0.799. The first-order valence-corrected chi connectivity index (χ1v) is 6.73. The molecule has 2 unspecified atom stereocenters. The predicted octanol–water partition coefficient (Wildman–Crippen LogP) is 2.87. The summed E-state index contributed by atoms with van der Waals surface area (Å²) < 4.78 is 0. The lowest BCUT2D eigenvalue weighted by molar-refractivity contribution is -0.131. The molecule has 1 aromatic rings. The van der Waals surface area contributed by atoms with Gasteiger partial charge in [0.25, 0.3) is 0 Å². The molecular formula is C16H21NO2. The predicted molar refractivity (Wildman–Crippen MR) is 76.7 cm³/mol. The molecule has 2 atom stereocenters. The van der Waals surface area contributed by atoms with E-state index in [2.05, 4.69) is 31.0 Å². The molecule has 1 aliphatic rings. The van der Waals surface area contributed by atoms with Crippen LogP contribution in [0, 0.1) is 11.8 Å². The van der Waals surface area contributed by atoms with Crippen molar-refractivity contribution in [1.82, 2.24) is 4.90 Å². The highest BCUT2D eigenvalue weighted by Crippen LogP contribution is 2.38. The van der Waals surface area contributed by atoms with Gasteiger partial charge in [0.1, 0.15) is 0 Å². The van der Waals surface area contributed by atoms with Crippen LogP contribution < -0.4 is 0 Å². The topological polar surface area (TPSA) is 40.5 Å². The van der Waals surface area contributed by atoms with Crippen molar-refractivity contribution in [3.8, 4) is 0 Å². The van der Waals surface area contributed by atoms with E-state index >= 15 is 0 Å². The molecule has 0 saturated heterocycles. The largest absolute Gasteiger partial charge is 0.478 e. The van der Waals surface area contributed by atoms with Crippen LogP contribution in [0.3, 0.4) is 0 Å². The third kappa shape index (κ3) is 4.52. The van der Waals surface area contributed by atoms with E-state index < -0.39 is 5.97 Å². The second kappa shape index (κ2) is 6.02. The highest BCUT2D eigenvalue weighted by atomic mass is 16.4. The number of rotatable bonds is 6. The van der Waals surface area contributed by atoms with E-state index in [0.29, 0.717) is 0 Å². The van der Waals surface area contributed by atoms with Gasteiger partial charge >= 0.3 is 5.97 Å². The molecule has 19 heavy (non-hydrogen) atoms. The molecule has 0 aromatic heterocycles. The average molecular weight is 259 g/mol. The summed E-state index contributed by atoms with van der Waals surface area (Å²) in [6, 6.07) is 8.05. The first-order valence-electron chi connectivity index (χ1n) is 6.73. The zero-order chi connectivity index (χ0) is 13.8. The second-order valence-corrected chi connectivity index (χ2v) is 5.58. The molecule has 0 bridgehead atoms. The normalized spacial score (nSPS) is 22.1. The molecule has 0 amide bonds. The number of carbonyl (C=O) groups is 1. The van der Waals surface area contributed by atoms with Crippen LogP contribution in [0.2, 0.25) is 0 Å². The molecular weight excluding hydrogens is 238 g/mol. The highest BCUT2D eigenvalue weighted by molar-refractivity contribution is 5.85. The average Bonchev–Trinajstić information content (AvgIpc) is 3.03. The van der Waals surface area contributed by atoms with Gasteiger partial charge < -0.3 is 10.0 Å². The fourth-order valence-electron chi connectivity index (χ4n) is 2.33. The van der Waals surface area contributed by atoms with Gasteiger partial charge in [0.05, 0.1) is 0 Å². The number of carboxylic acid groups (broad SMARTS) is 1. The molecule has 1 saturated carbocycles. The summed E-state index contributed by atoms with van der Waals surface area (Å²) in [4.78, 5) is 12.8. The molecule has 102 valence electrons. The summed E-state index contributed by atoms with van der Waals surface area (Å²) in [6.07, 6.45) is 4.14. The molecule has 0 aliphatic heterocycles. The van der Waals surface area contributed by atoms with Gasteiger partial charge in [0.15, 0.2) is 0 Å². The van der Waals surface area contributed by atoms with Crippen molar-refractivity contribution in [2.24, 2.45) is 11.8 Å². The van der Waals surface area contributed by atoms with Gasteiger partial charge in [0.2, 0.25) is 0 Å². The molecule has 0 heterocycles. The van der Waals surface area contributed by atoms with Crippen molar-refractivity contribution in [2.45, 2.75) is 19.9 Å². The maximum Gasteiger partial charge on any atom is 0.328 e. The number of hydrogen-bond donors (Lipinski definition) is 1. The Morgan fingerprint density at radius 1 is 1.42 bits per heavy atom. The Hall–Kier alpha value is -1.61. The van der Waals surface area contributed by atoms with Gasteiger partial charge in [-0.3, -0.25) is 0 Å². The summed E-state index contributed by atoms with van der Waals surface area (Å²) in [6.45, 7) is 4.43. The van der Waals surface area contributed by atoms with Crippen LogP contribution in [0.5, 0.6) is 0 Å². The number of carboxylic acids is 1. The first kappa shape index (κ1) is 13.8. The zero-order valence-electron chi connectivity index (χ0n) is 11.5. The van der Waals surface area contributed by atoms with E-state index in [9.17, 15) is 4.79 Å². The second-order valence-electron chi connectivity index (χ2n) is 5.58. The molecule has 1 fully saturated rings. The smallest absolute Gasteiger partial charge is 0.328 e. The van der Waals surface area contributed by atoms with Gasteiger partial charge in [-0.15, -0.1) is 0 Å². The number of nitrogens with zero attached hydrogens (tertiary/aromatic N) is 1. The molecule has 3 nitrogen and oxygen atoms in total. The Labute approximate surface area is 114 Å². The van der Waals surface area contributed by atoms with Gasteiger partial charge in [-0.05, 0) is 42.5 Å². The lowest BCUT2D eigenvalue weighted by atomic mass is 10.1. The minimum Gasteiger partial charge on any atom is -0.478 e. The van der Waals surface area contributed by atoms with Crippen LogP contribution in [0.4, 0.5) is 0 Å². The van der Waals surface area contributed by atoms with Crippen LogP contribution in [-0.2, 0) is 11.3 Å². The molecule has 0 radical (unpaired) electrons. The molecule has 1 aliphatic carbocycles. The van der Waals surface area contributed by atoms with Crippen molar-refractivity contribution in [3.05, 3.63) is 41.5 Å². The van der Waals surface area contributed by atoms with Crippen LogP contribution in [0.25, 0.3) is 6.08 Å². The van der Waals surface area contributed by atoms with E-state index in [0.717, 1.165) is 30.0 Å². The monoisotopic (exact) mass is 259 g/mol. The van der Waals surface area contributed by atoms with Crippen LogP contribution in [-0.4, -0.2) is 29.6 Å². The van der Waals surface area contributed by atoms with Crippen LogP contribution in [0.1, 0.15) is 24.5 Å². The van der Waals surface area contributed by atoms with Crippen molar-refractivity contribution in [2.75, 3.05) is 13.6 Å². The Kier molecular flexibility index (Phi) is 4.38. The number of hydrogen-bond acceptors (Lipinski definition) is 2. The van der Waals surface area contributed by atoms with E-state index in [1.54, 1.807) is 6.08 Å². The van der Waals surface area contributed by atoms with E-state index in [1.807, 2.05) is 12.1 Å². The van der Waals surface area contributed by atoms with Gasteiger partial charge in [0, 0.05) is 19.2 Å². The molecule has 1 N–H and O–H groups in total. The summed E-state index contributed by atoms with van der Waals surface area (Å²) in [5, 5.41) is 8.57. The lowest BCUT2D eigenvalue weighted by Gasteiger charge is -2.16. The SMILES string of the molecule is CC1CC1CN(C)Cc1ccc(C=CC(=O)O)cc1. The fraction of sp³-hybridized carbons (Fsp3) is 0.438. The summed E-state index contributed by atoms with van der Waals surface area (Å²) in [5.41, 5.74) is 2.19. The van der Waals surface area contributed by atoms with Crippen molar-refractivity contribution in [3.63, 3.8) is 0 Å². The third-order valence-electron chi connectivity index (χ3n) is 3.67. The zero-order valence-corrected chi connectivity index (χ0v) is 11.5. The third-order valence-corrected chi connectivity index (χ3v) is 3.67. The minimum absolute atomic E-state index is 0.878. The number of benzene rings is 1. The summed E-state index contributed by atoms with van der Waals surface area (Å²) in [5.74, 6) is 0.858. The standard InChI is InChI=1S/C16H21NO2/c1-12-9-15(12)11-17(2)10-14-5-3-13(4-6-14)7-8-16(18)19/h3-8,12,15H,9-11H2,1-2H3,(H,18,19). The van der Waals surface area contributed by atoms with Crippen LogP contribution >= 0.6 is 0 Å². The Balaban J connectivity index is 1.85. The van der Waals surface area contributed by atoms with Crippen molar-refractivity contribution < 1.29 is 9.90 Å². The molecule has 2 rings (SSSR count). The van der Waals surface area contributed by atoms with E-state index in [-0.39, 0.29) is 0 Å². The van der Waals surface area contributed by atoms with Crippen LogP contribution in [0.15, 0.2) is 30.3 Å². The van der Waals surface area contributed by atoms with E-state index in [1.165, 1.54) is 18.5 Å². The number of aliphatic carboxylic acids is 1. The lowest BCUT2D eigenvalue weighted by Crippen LogP contribution is -2.20. The molecule has 3 heteroatoms. The maximum absolute atomic E-state index is 10.4. The summed E-state index contributed by atoms with van der Waals surface area (Å²) in [7, 11) is 2.16. The minimum atomic E-state index is -0.914. The Morgan fingerprint density at radius 2 is 2.05 bits per heavy atom. The maximum atomic E-state index is 10.4. The fourth-order valence-corrected chi connectivity index (χ4v) is 2.33. The van der Waals surface area contributed by atoms with Gasteiger partial charge in [-0.1, -0.05) is 31.2 Å². The summed E-state index contributed by atoms with van der Waals surface area (Å²) >= 11 is 0. The molecule has 0 spiro atoms. The molecule has 1 aromatic carbocycles. The van der Waals surface area contributed by atoms with Crippen molar-refractivity contribution in [1.29, 1.82) is 0 Å². The van der Waals surface area contributed by atoms with E-state index in [4.69, 9.17) is 5.11 Å². The Morgan fingerprint density at radius 3 is 2.58 bits per heavy atom. The van der Waals surface area contributed by atoms with Gasteiger partial charge in [-0.2, -0.15) is 0 Å². The Bertz CT molecular complexity index is 464. The van der Waals surface area contributed by atoms with Gasteiger partial charge in [-0.25, -0.2) is 4.79 Å². The highest BCUT2D eigenvalue weighted by Gasteiger charge is 2.32. The van der Waals surface area contributed by atoms with Crippen molar-refractivity contribution >= 4 is 12.0 Å².